The average Bonchev–Trinajstić information content (AvgIpc) is 1.58. The Labute approximate surface area is 556 Å². The quantitative estimate of drug-likeness (QED) is 0.142. The summed E-state index contributed by atoms with van der Waals surface area (Å²) in [6.07, 6.45) is 0. The summed E-state index contributed by atoms with van der Waals surface area (Å²) in [7, 11) is 0. The van der Waals surface area contributed by atoms with Crippen molar-refractivity contribution in [2.24, 2.45) is 0 Å². The molecule has 0 N–H and O–H groups in total. The van der Waals surface area contributed by atoms with E-state index in [1.165, 1.54) is 134 Å². The number of anilines is 6. The number of thiophene rings is 2. The molecule has 6 heteroatoms. The van der Waals surface area contributed by atoms with Crippen LogP contribution >= 0.6 is 46.0 Å². The van der Waals surface area contributed by atoms with Gasteiger partial charge in [-0.1, -0.05) is 254 Å². The van der Waals surface area contributed by atoms with E-state index in [9.17, 15) is 0 Å². The normalized spacial score (nSPS) is 13.9. The summed E-state index contributed by atoms with van der Waals surface area (Å²) in [5.41, 5.74) is 20.2. The van der Waals surface area contributed by atoms with Gasteiger partial charge in [0, 0.05) is 89.7 Å². The molecule has 2 nitrogen and oxygen atoms in total. The van der Waals surface area contributed by atoms with E-state index >= 15 is 0 Å². The highest BCUT2D eigenvalue weighted by atomic mass is 35.5. The van der Waals surface area contributed by atoms with Gasteiger partial charge in [0.2, 0.25) is 0 Å². The van der Waals surface area contributed by atoms with Crippen molar-refractivity contribution in [3.63, 3.8) is 0 Å². The van der Waals surface area contributed by atoms with Crippen LogP contribution in [0.4, 0.5) is 34.1 Å². The van der Waals surface area contributed by atoms with Crippen LogP contribution in [0.3, 0.4) is 0 Å². The van der Waals surface area contributed by atoms with Gasteiger partial charge in [0.05, 0.1) is 16.1 Å². The first-order valence-corrected chi connectivity index (χ1v) is 34.4. The molecule has 2 aliphatic rings. The number of rotatable bonds is 9. The van der Waals surface area contributed by atoms with E-state index in [1.54, 1.807) is 11.8 Å². The van der Waals surface area contributed by atoms with Gasteiger partial charge in [0.1, 0.15) is 0 Å². The van der Waals surface area contributed by atoms with Gasteiger partial charge in [0.25, 0.3) is 0 Å². The lowest BCUT2D eigenvalue weighted by atomic mass is 9.67. The minimum absolute atomic E-state index is 0.746. The Morgan fingerprint density at radius 2 is 0.871 bits per heavy atom. The molecule has 2 aromatic heterocycles. The molecule has 1 spiro atoms. The molecule has 3 heterocycles. The van der Waals surface area contributed by atoms with Gasteiger partial charge in [-0.05, 0) is 168 Å². The van der Waals surface area contributed by atoms with Gasteiger partial charge in [-0.25, -0.2) is 0 Å². The second-order valence-electron chi connectivity index (χ2n) is 24.3. The third kappa shape index (κ3) is 8.48. The minimum atomic E-state index is -0.808. The predicted molar refractivity (Wildman–Crippen MR) is 399 cm³/mol. The molecule has 1 aliphatic heterocycles. The first-order valence-electron chi connectivity index (χ1n) is 31.6. The van der Waals surface area contributed by atoms with E-state index < -0.39 is 5.41 Å². The summed E-state index contributed by atoms with van der Waals surface area (Å²) >= 11 is 13.1. The number of hydrogen-bond donors (Lipinski definition) is 0. The van der Waals surface area contributed by atoms with E-state index in [1.807, 2.05) is 22.7 Å². The highest BCUT2D eigenvalue weighted by Gasteiger charge is 2.51. The van der Waals surface area contributed by atoms with Crippen LogP contribution in [0.1, 0.15) is 22.3 Å². The first kappa shape index (κ1) is 54.3. The number of para-hydroxylation sites is 1. The third-order valence-corrected chi connectivity index (χ3v) is 23.4. The lowest BCUT2D eigenvalue weighted by molar-refractivity contribution is 0.722. The van der Waals surface area contributed by atoms with Crippen LogP contribution in [-0.2, 0) is 5.41 Å². The molecule has 0 saturated carbocycles. The maximum atomic E-state index is 7.59. The van der Waals surface area contributed by atoms with E-state index in [2.05, 4.69) is 331 Å². The fourth-order valence-electron chi connectivity index (χ4n) is 15.3. The van der Waals surface area contributed by atoms with Crippen molar-refractivity contribution in [3.05, 3.63) is 349 Å². The van der Waals surface area contributed by atoms with Crippen molar-refractivity contribution >= 4 is 142 Å². The second kappa shape index (κ2) is 21.6. The Balaban J connectivity index is 0.857. The van der Waals surface area contributed by atoms with Crippen molar-refractivity contribution in [1.82, 2.24) is 0 Å². The molecular formula is C87H53ClN2S3. The lowest BCUT2D eigenvalue weighted by Gasteiger charge is -2.41. The second-order valence-corrected chi connectivity index (χ2v) is 27.9. The SMILES string of the molecule is Clc1cccc2c1Sc1ccc(N(c3ccc4ccccc4c3)c3cc(-c4ccc(-c5ccccc5)cc4)c4sc5ccccc5c4c3)cc1[C@]21c2ccccc2-c2ccc(N(c3ccccc3)c3ccc(-c4cccc5ccccc45)c4sc5ccccc5c34)cc21. The van der Waals surface area contributed by atoms with E-state index in [-0.39, 0.29) is 0 Å². The number of fused-ring (bicyclic) bond motifs is 17. The smallest absolute Gasteiger partial charge is 0.0737 e. The molecule has 15 aromatic carbocycles. The van der Waals surface area contributed by atoms with Gasteiger partial charge in [-0.15, -0.1) is 22.7 Å². The maximum Gasteiger partial charge on any atom is 0.0737 e. The molecule has 0 radical (unpaired) electrons. The van der Waals surface area contributed by atoms with Crippen molar-refractivity contribution in [2.45, 2.75) is 15.2 Å². The lowest BCUT2D eigenvalue weighted by Crippen LogP contribution is -2.32. The standard InChI is InChI=1S/C87H53ClN2S3/c88-78-34-18-33-75-86(78)93-82-48-44-62(89(61-42-41-55-21-7-8-23-59(55)49-61)64-50-72(84-73(51-64)69-29-12-15-35-80(69)91-84)58-39-37-56(38-40-58)54-19-3-1-4-20-54)53-77(82)87(75)74-32-14-11-28-67(74)68-45-43-63(52-76(68)87)90(60-25-5-2-6-26-60)79-47-46-70(66-31-17-24-57-22-9-10-27-65(57)66)85-83(79)71-30-13-16-36-81(71)92-85/h1-53H/t87-/m1/s1. The minimum Gasteiger partial charge on any atom is -0.310 e. The molecule has 1 aliphatic carbocycles. The van der Waals surface area contributed by atoms with Crippen LogP contribution in [0, 0.1) is 0 Å². The van der Waals surface area contributed by atoms with Gasteiger partial charge in [0.15, 0.2) is 0 Å². The monoisotopic (exact) mass is 1260 g/mol. The van der Waals surface area contributed by atoms with Crippen LogP contribution in [-0.4, -0.2) is 0 Å². The summed E-state index contributed by atoms with van der Waals surface area (Å²) < 4.78 is 5.06. The molecule has 436 valence electrons. The molecule has 0 saturated heterocycles. The topological polar surface area (TPSA) is 6.48 Å². The summed E-state index contributed by atoms with van der Waals surface area (Å²) in [6, 6.07) is 120. The van der Waals surface area contributed by atoms with Crippen LogP contribution < -0.4 is 9.80 Å². The molecule has 0 bridgehead atoms. The van der Waals surface area contributed by atoms with Crippen LogP contribution in [0.25, 0.3) is 106 Å². The fourth-order valence-corrected chi connectivity index (χ4v) is 19.2. The zero-order valence-electron chi connectivity index (χ0n) is 50.1. The highest BCUT2D eigenvalue weighted by Crippen LogP contribution is 2.65. The molecule has 0 fully saturated rings. The Morgan fingerprint density at radius 3 is 1.72 bits per heavy atom. The molecule has 0 amide bonds. The summed E-state index contributed by atoms with van der Waals surface area (Å²) in [5.74, 6) is 0. The fraction of sp³-hybridized carbons (Fsp3) is 0.0115. The molecule has 0 unspecified atom stereocenters. The maximum absolute atomic E-state index is 7.59. The summed E-state index contributed by atoms with van der Waals surface area (Å²) in [6.45, 7) is 0. The van der Waals surface area contributed by atoms with E-state index in [4.69, 9.17) is 11.6 Å². The Bertz CT molecular complexity index is 5890. The number of hydrogen-bond acceptors (Lipinski definition) is 5. The first-order chi connectivity index (χ1) is 46.0. The van der Waals surface area contributed by atoms with Crippen LogP contribution in [0.2, 0.25) is 5.02 Å². The van der Waals surface area contributed by atoms with Crippen molar-refractivity contribution in [1.29, 1.82) is 0 Å². The van der Waals surface area contributed by atoms with Crippen molar-refractivity contribution in [2.75, 3.05) is 9.80 Å². The van der Waals surface area contributed by atoms with Crippen LogP contribution in [0.15, 0.2) is 331 Å². The molecular weight excluding hydrogens is 1200 g/mol. The van der Waals surface area contributed by atoms with Gasteiger partial charge < -0.3 is 9.80 Å². The predicted octanol–water partition coefficient (Wildman–Crippen LogP) is 26.2. The highest BCUT2D eigenvalue weighted by molar-refractivity contribution is 7.99. The summed E-state index contributed by atoms with van der Waals surface area (Å²) in [4.78, 5) is 7.27. The number of benzene rings is 15. The average molecular weight is 1260 g/mol. The number of halogens is 1. The van der Waals surface area contributed by atoms with Crippen LogP contribution in [0.5, 0.6) is 0 Å². The molecule has 93 heavy (non-hydrogen) atoms. The van der Waals surface area contributed by atoms with Crippen molar-refractivity contribution < 1.29 is 0 Å². The van der Waals surface area contributed by atoms with E-state index in [0.717, 1.165) is 44.0 Å². The summed E-state index contributed by atoms with van der Waals surface area (Å²) in [5, 5.41) is 10.6. The third-order valence-electron chi connectivity index (χ3n) is 19.3. The largest absolute Gasteiger partial charge is 0.310 e. The molecule has 19 rings (SSSR count). The molecule has 17 aromatic rings. The Kier molecular flexibility index (Phi) is 12.6. The Morgan fingerprint density at radius 1 is 0.290 bits per heavy atom. The van der Waals surface area contributed by atoms with Gasteiger partial charge in [-0.3, -0.25) is 0 Å². The Hall–Kier alpha value is -10.5. The zero-order chi connectivity index (χ0) is 61.3. The molecule has 1 atom stereocenters. The van der Waals surface area contributed by atoms with Gasteiger partial charge in [-0.2, -0.15) is 0 Å². The van der Waals surface area contributed by atoms with E-state index in [0.29, 0.717) is 0 Å². The number of nitrogens with zero attached hydrogens (tertiary/aromatic N) is 2. The van der Waals surface area contributed by atoms with Crippen molar-refractivity contribution in [3.8, 4) is 44.5 Å². The zero-order valence-corrected chi connectivity index (χ0v) is 53.3. The van der Waals surface area contributed by atoms with Gasteiger partial charge >= 0.3 is 0 Å².